The first-order chi connectivity index (χ1) is 7.09. The minimum atomic E-state index is 0.276. The van der Waals surface area contributed by atoms with Gasteiger partial charge < -0.3 is 11.1 Å². The molecule has 1 heterocycles. The minimum Gasteiger partial charge on any atom is -0.369 e. The predicted octanol–water partition coefficient (Wildman–Crippen LogP) is 1.63. The molecule has 1 aromatic rings. The average Bonchev–Trinajstić information content (AvgIpc) is 2.18. The first-order valence-electron chi connectivity index (χ1n) is 5.39. The fourth-order valence-electron chi connectivity index (χ4n) is 1.27. The maximum absolute atomic E-state index is 5.66. The molecule has 0 fully saturated rings. The fourth-order valence-corrected chi connectivity index (χ4v) is 1.27. The lowest BCUT2D eigenvalue weighted by Gasteiger charge is -2.08. The van der Waals surface area contributed by atoms with E-state index in [4.69, 9.17) is 5.73 Å². The van der Waals surface area contributed by atoms with Crippen molar-refractivity contribution < 1.29 is 0 Å². The van der Waals surface area contributed by atoms with E-state index >= 15 is 0 Å². The third-order valence-electron chi connectivity index (χ3n) is 2.33. The molecule has 84 valence electrons. The van der Waals surface area contributed by atoms with E-state index in [1.165, 1.54) is 0 Å². The zero-order chi connectivity index (χ0) is 11.3. The van der Waals surface area contributed by atoms with Gasteiger partial charge in [-0.2, -0.15) is 0 Å². The van der Waals surface area contributed by atoms with Gasteiger partial charge in [-0.25, -0.2) is 4.98 Å². The Bertz CT molecular complexity index is 309. The molecule has 0 aliphatic heterocycles. The molecule has 1 rings (SSSR count). The van der Waals surface area contributed by atoms with Crippen molar-refractivity contribution in [3.63, 3.8) is 0 Å². The van der Waals surface area contributed by atoms with Crippen molar-refractivity contribution in [2.45, 2.75) is 39.7 Å². The van der Waals surface area contributed by atoms with E-state index in [-0.39, 0.29) is 6.04 Å². The van der Waals surface area contributed by atoms with Crippen LogP contribution in [0, 0.1) is 13.8 Å². The summed E-state index contributed by atoms with van der Waals surface area (Å²) >= 11 is 0. The van der Waals surface area contributed by atoms with Gasteiger partial charge in [0.2, 0.25) is 0 Å². The van der Waals surface area contributed by atoms with Crippen molar-refractivity contribution in [1.29, 1.82) is 0 Å². The number of hydrogen-bond acceptors (Lipinski definition) is 4. The van der Waals surface area contributed by atoms with Crippen LogP contribution in [0.15, 0.2) is 6.20 Å². The van der Waals surface area contributed by atoms with Crippen molar-refractivity contribution in [3.8, 4) is 0 Å². The summed E-state index contributed by atoms with van der Waals surface area (Å²) in [6, 6.07) is 0.276. The van der Waals surface area contributed by atoms with Crippen LogP contribution < -0.4 is 11.1 Å². The molecule has 0 saturated carbocycles. The molecular weight excluding hydrogens is 188 g/mol. The number of nitrogens with one attached hydrogen (secondary N) is 1. The molecule has 0 spiro atoms. The van der Waals surface area contributed by atoms with Crippen LogP contribution in [0.1, 0.15) is 31.2 Å². The Balaban J connectivity index is 2.35. The molecule has 0 saturated heterocycles. The highest BCUT2D eigenvalue weighted by Crippen LogP contribution is 2.05. The molecule has 4 heteroatoms. The lowest BCUT2D eigenvalue weighted by molar-refractivity contribution is 0.638. The molecule has 0 aliphatic carbocycles. The van der Waals surface area contributed by atoms with E-state index in [0.717, 1.165) is 36.6 Å². The van der Waals surface area contributed by atoms with Crippen LogP contribution in [-0.2, 0) is 0 Å². The Morgan fingerprint density at radius 3 is 2.73 bits per heavy atom. The van der Waals surface area contributed by atoms with Gasteiger partial charge in [-0.1, -0.05) is 0 Å². The second-order valence-electron chi connectivity index (χ2n) is 3.97. The van der Waals surface area contributed by atoms with Crippen molar-refractivity contribution >= 4 is 5.82 Å². The molecule has 1 aromatic heterocycles. The summed E-state index contributed by atoms with van der Waals surface area (Å²) in [5, 5.41) is 3.24. The highest BCUT2D eigenvalue weighted by Gasteiger charge is 1.99. The monoisotopic (exact) mass is 208 g/mol. The second-order valence-corrected chi connectivity index (χ2v) is 3.97. The van der Waals surface area contributed by atoms with Crippen LogP contribution in [0.25, 0.3) is 0 Å². The van der Waals surface area contributed by atoms with Crippen molar-refractivity contribution in [2.24, 2.45) is 5.73 Å². The van der Waals surface area contributed by atoms with Gasteiger partial charge in [-0.3, -0.25) is 4.98 Å². The Kier molecular flexibility index (Phi) is 4.49. The molecule has 3 N–H and O–H groups in total. The lowest BCUT2D eigenvalue weighted by atomic mass is 10.2. The maximum atomic E-state index is 5.66. The summed E-state index contributed by atoms with van der Waals surface area (Å²) in [6.07, 6.45) is 3.87. The third kappa shape index (κ3) is 4.25. The van der Waals surface area contributed by atoms with E-state index in [1.54, 1.807) is 6.20 Å². The van der Waals surface area contributed by atoms with Crippen LogP contribution in [0.5, 0.6) is 0 Å². The highest BCUT2D eigenvalue weighted by molar-refractivity contribution is 5.32. The van der Waals surface area contributed by atoms with Gasteiger partial charge >= 0.3 is 0 Å². The Morgan fingerprint density at radius 2 is 2.13 bits per heavy atom. The summed E-state index contributed by atoms with van der Waals surface area (Å²) in [5.74, 6) is 0.850. The number of aromatic nitrogens is 2. The maximum Gasteiger partial charge on any atom is 0.144 e. The molecular formula is C11H20N4. The van der Waals surface area contributed by atoms with Crippen molar-refractivity contribution in [2.75, 3.05) is 11.9 Å². The van der Waals surface area contributed by atoms with E-state index in [2.05, 4.69) is 15.3 Å². The predicted molar refractivity (Wildman–Crippen MR) is 62.9 cm³/mol. The molecule has 0 radical (unpaired) electrons. The summed E-state index contributed by atoms with van der Waals surface area (Å²) in [5.41, 5.74) is 7.62. The van der Waals surface area contributed by atoms with Gasteiger partial charge in [0.25, 0.3) is 0 Å². The van der Waals surface area contributed by atoms with E-state index in [1.807, 2.05) is 20.8 Å². The van der Waals surface area contributed by atoms with E-state index < -0.39 is 0 Å². The summed E-state index contributed by atoms with van der Waals surface area (Å²) in [4.78, 5) is 8.63. The lowest BCUT2D eigenvalue weighted by Crippen LogP contribution is -2.16. The van der Waals surface area contributed by atoms with Gasteiger partial charge in [-0.15, -0.1) is 0 Å². The third-order valence-corrected chi connectivity index (χ3v) is 2.33. The second kappa shape index (κ2) is 5.66. The van der Waals surface area contributed by atoms with Crippen LogP contribution in [0.3, 0.4) is 0 Å². The first-order valence-corrected chi connectivity index (χ1v) is 5.39. The van der Waals surface area contributed by atoms with E-state index in [0.29, 0.717) is 0 Å². The molecule has 0 aromatic carbocycles. The SMILES string of the molecule is Cc1ncc(NCCCC(C)N)nc1C. The molecule has 0 amide bonds. The van der Waals surface area contributed by atoms with Gasteiger partial charge in [0.1, 0.15) is 5.82 Å². The van der Waals surface area contributed by atoms with Gasteiger partial charge in [0, 0.05) is 12.6 Å². The average molecular weight is 208 g/mol. The van der Waals surface area contributed by atoms with Crippen molar-refractivity contribution in [3.05, 3.63) is 17.6 Å². The summed E-state index contributed by atoms with van der Waals surface area (Å²) < 4.78 is 0. The molecule has 0 bridgehead atoms. The first kappa shape index (κ1) is 11.9. The minimum absolute atomic E-state index is 0.276. The normalized spacial score (nSPS) is 12.5. The Morgan fingerprint density at radius 1 is 1.40 bits per heavy atom. The number of hydrogen-bond donors (Lipinski definition) is 2. The van der Waals surface area contributed by atoms with Gasteiger partial charge in [0.05, 0.1) is 17.6 Å². The Labute approximate surface area is 91.3 Å². The van der Waals surface area contributed by atoms with E-state index in [9.17, 15) is 0 Å². The molecule has 0 aliphatic rings. The standard InChI is InChI=1S/C11H20N4/c1-8(12)5-4-6-13-11-7-14-9(2)10(3)15-11/h7-8H,4-6,12H2,1-3H3,(H,13,15). The largest absolute Gasteiger partial charge is 0.369 e. The smallest absolute Gasteiger partial charge is 0.144 e. The van der Waals surface area contributed by atoms with Gasteiger partial charge in [-0.05, 0) is 33.6 Å². The van der Waals surface area contributed by atoms with Crippen LogP contribution in [0.2, 0.25) is 0 Å². The Hall–Kier alpha value is -1.16. The number of anilines is 1. The zero-order valence-electron chi connectivity index (χ0n) is 9.75. The number of rotatable bonds is 5. The molecule has 4 nitrogen and oxygen atoms in total. The molecule has 1 unspecified atom stereocenters. The topological polar surface area (TPSA) is 63.8 Å². The number of nitrogens with two attached hydrogens (primary N) is 1. The van der Waals surface area contributed by atoms with Crippen molar-refractivity contribution in [1.82, 2.24) is 9.97 Å². The van der Waals surface area contributed by atoms with Crippen LogP contribution in [0.4, 0.5) is 5.82 Å². The highest BCUT2D eigenvalue weighted by atomic mass is 15.0. The van der Waals surface area contributed by atoms with Crippen LogP contribution >= 0.6 is 0 Å². The van der Waals surface area contributed by atoms with Crippen LogP contribution in [-0.4, -0.2) is 22.6 Å². The molecule has 1 atom stereocenters. The quantitative estimate of drug-likeness (QED) is 0.722. The summed E-state index contributed by atoms with van der Waals surface area (Å²) in [6.45, 7) is 6.85. The number of aryl methyl sites for hydroxylation is 2. The fraction of sp³-hybridized carbons (Fsp3) is 0.636. The van der Waals surface area contributed by atoms with Gasteiger partial charge in [0.15, 0.2) is 0 Å². The summed E-state index contributed by atoms with van der Waals surface area (Å²) in [7, 11) is 0. The zero-order valence-corrected chi connectivity index (χ0v) is 9.75. The number of nitrogens with zero attached hydrogens (tertiary/aromatic N) is 2. The molecule has 15 heavy (non-hydrogen) atoms.